The Morgan fingerprint density at radius 2 is 1.61 bits per heavy atom. The topological polar surface area (TPSA) is 133 Å². The van der Waals surface area contributed by atoms with Crippen molar-refractivity contribution in [3.8, 4) is 5.75 Å². The van der Waals surface area contributed by atoms with Crippen LogP contribution in [0.1, 0.15) is 35.3 Å². The number of carboxylic acids is 1. The summed E-state index contributed by atoms with van der Waals surface area (Å²) in [6.07, 6.45) is -0.0892. The van der Waals surface area contributed by atoms with Gasteiger partial charge in [-0.3, -0.25) is 14.9 Å². The molecule has 1 N–H and O–H groups in total. The average molecular weight is 504 g/mol. The largest absolute Gasteiger partial charge is 0.491 e. The minimum absolute atomic E-state index is 0.0384. The lowest BCUT2D eigenvalue weighted by Crippen LogP contribution is -2.14. The van der Waals surface area contributed by atoms with Gasteiger partial charge in [0.15, 0.2) is 5.78 Å². The molecule has 0 aliphatic heterocycles. The molecule has 0 amide bonds. The Labute approximate surface area is 210 Å². The molecular formula is C26H21N3O6S. The Balaban J connectivity index is 1.83. The van der Waals surface area contributed by atoms with Crippen molar-refractivity contribution in [3.05, 3.63) is 99.1 Å². The second-order valence-corrected chi connectivity index (χ2v) is 8.78. The van der Waals surface area contributed by atoms with Crippen LogP contribution in [0.2, 0.25) is 0 Å². The van der Waals surface area contributed by atoms with E-state index >= 15 is 0 Å². The molecule has 182 valence electrons. The SMILES string of the molecule is CC(C)Oc1ccc(C(=O)C(Cc2ccc([N+](=O)[O-])cc2)=C(C(=O)O)c2ccc3nsnc3c2)cc1. The molecule has 0 saturated carbocycles. The highest BCUT2D eigenvalue weighted by Gasteiger charge is 2.25. The van der Waals surface area contributed by atoms with Crippen LogP contribution in [0.4, 0.5) is 5.69 Å². The van der Waals surface area contributed by atoms with Crippen molar-refractivity contribution in [2.45, 2.75) is 26.4 Å². The van der Waals surface area contributed by atoms with Gasteiger partial charge in [-0.15, -0.1) is 0 Å². The van der Waals surface area contributed by atoms with E-state index in [1.54, 1.807) is 42.5 Å². The summed E-state index contributed by atoms with van der Waals surface area (Å²) in [4.78, 5) is 36.7. The molecule has 0 aliphatic carbocycles. The molecule has 4 aromatic rings. The Morgan fingerprint density at radius 1 is 0.972 bits per heavy atom. The highest BCUT2D eigenvalue weighted by Crippen LogP contribution is 2.29. The van der Waals surface area contributed by atoms with Crippen LogP contribution in [-0.2, 0) is 11.2 Å². The highest BCUT2D eigenvalue weighted by atomic mass is 32.1. The number of nitrogens with zero attached hydrogens (tertiary/aromatic N) is 3. The Hall–Kier alpha value is -4.44. The number of nitro groups is 1. The van der Waals surface area contributed by atoms with Crippen LogP contribution < -0.4 is 4.74 Å². The molecule has 0 atom stereocenters. The van der Waals surface area contributed by atoms with Gasteiger partial charge in [0.25, 0.3) is 5.69 Å². The van der Waals surface area contributed by atoms with Gasteiger partial charge in [-0.2, -0.15) is 8.75 Å². The molecule has 9 nitrogen and oxygen atoms in total. The molecule has 0 spiro atoms. The van der Waals surface area contributed by atoms with Crippen molar-refractivity contribution < 1.29 is 24.4 Å². The van der Waals surface area contributed by atoms with E-state index in [-0.39, 0.29) is 34.9 Å². The number of fused-ring (bicyclic) bond motifs is 1. The van der Waals surface area contributed by atoms with Crippen LogP contribution >= 0.6 is 11.7 Å². The van der Waals surface area contributed by atoms with Crippen molar-refractivity contribution in [3.63, 3.8) is 0 Å². The van der Waals surface area contributed by atoms with Crippen molar-refractivity contribution >= 4 is 45.8 Å². The number of nitro benzene ring substituents is 1. The van der Waals surface area contributed by atoms with E-state index in [9.17, 15) is 24.8 Å². The van der Waals surface area contributed by atoms with Crippen LogP contribution in [0.3, 0.4) is 0 Å². The molecular weight excluding hydrogens is 482 g/mol. The minimum atomic E-state index is -1.28. The van der Waals surface area contributed by atoms with Crippen LogP contribution in [0, 0.1) is 10.1 Å². The summed E-state index contributed by atoms with van der Waals surface area (Å²) in [7, 11) is 0. The fraction of sp³-hybridized carbons (Fsp3) is 0.154. The van der Waals surface area contributed by atoms with Gasteiger partial charge in [0.05, 0.1) is 28.3 Å². The number of aliphatic carboxylic acids is 1. The zero-order valence-electron chi connectivity index (χ0n) is 19.4. The average Bonchev–Trinajstić information content (AvgIpc) is 3.31. The molecule has 0 aliphatic rings. The molecule has 0 saturated heterocycles. The number of ketones is 1. The quantitative estimate of drug-likeness (QED) is 0.140. The third-order valence-electron chi connectivity index (χ3n) is 5.35. The van der Waals surface area contributed by atoms with Crippen molar-refractivity contribution in [1.29, 1.82) is 0 Å². The maximum atomic E-state index is 13.7. The number of hydrogen-bond acceptors (Lipinski definition) is 8. The minimum Gasteiger partial charge on any atom is -0.491 e. The Morgan fingerprint density at radius 3 is 2.22 bits per heavy atom. The van der Waals surface area contributed by atoms with Gasteiger partial charge in [0, 0.05) is 29.7 Å². The number of carbonyl (C=O) groups is 2. The Kier molecular flexibility index (Phi) is 7.16. The first-order valence-corrected chi connectivity index (χ1v) is 11.7. The third-order valence-corrected chi connectivity index (χ3v) is 5.91. The van der Waals surface area contributed by atoms with Gasteiger partial charge in [0.1, 0.15) is 16.8 Å². The lowest BCUT2D eigenvalue weighted by molar-refractivity contribution is -0.384. The highest BCUT2D eigenvalue weighted by molar-refractivity contribution is 7.00. The predicted octanol–water partition coefficient (Wildman–Crippen LogP) is 5.35. The first-order valence-electron chi connectivity index (χ1n) is 11.0. The van der Waals surface area contributed by atoms with E-state index in [0.29, 0.717) is 27.9 Å². The summed E-state index contributed by atoms with van der Waals surface area (Å²) in [6, 6.07) is 17.0. The van der Waals surface area contributed by atoms with Gasteiger partial charge in [0.2, 0.25) is 0 Å². The number of non-ortho nitro benzene ring substituents is 1. The summed E-state index contributed by atoms with van der Waals surface area (Å²) in [5.41, 5.74) is 2.07. The fourth-order valence-electron chi connectivity index (χ4n) is 3.72. The van der Waals surface area contributed by atoms with Crippen molar-refractivity contribution in [2.75, 3.05) is 0 Å². The van der Waals surface area contributed by atoms with Crippen LogP contribution in [-0.4, -0.2) is 36.6 Å². The maximum absolute atomic E-state index is 13.7. The number of benzene rings is 3. The molecule has 10 heteroatoms. The number of carboxylic acid groups (broad SMARTS) is 1. The normalized spacial score (nSPS) is 11.9. The molecule has 4 rings (SSSR count). The molecule has 0 fully saturated rings. The summed E-state index contributed by atoms with van der Waals surface area (Å²) in [5, 5.41) is 21.2. The predicted molar refractivity (Wildman–Crippen MR) is 135 cm³/mol. The monoisotopic (exact) mass is 503 g/mol. The van der Waals surface area contributed by atoms with Gasteiger partial charge in [-0.05, 0) is 61.4 Å². The van der Waals surface area contributed by atoms with E-state index in [4.69, 9.17) is 4.74 Å². The molecule has 1 aromatic heterocycles. The summed E-state index contributed by atoms with van der Waals surface area (Å²) in [6.45, 7) is 3.77. The number of carbonyl (C=O) groups excluding carboxylic acids is 1. The number of aromatic nitrogens is 2. The van der Waals surface area contributed by atoms with Crippen LogP contribution in [0.15, 0.2) is 72.3 Å². The summed E-state index contributed by atoms with van der Waals surface area (Å²) < 4.78 is 14.0. The number of Topliss-reactive ketones (excluding diaryl/α,β-unsaturated/α-hetero) is 1. The number of allylic oxidation sites excluding steroid dienone is 1. The molecule has 0 unspecified atom stereocenters. The van der Waals surface area contributed by atoms with Crippen molar-refractivity contribution in [1.82, 2.24) is 8.75 Å². The lowest BCUT2D eigenvalue weighted by atomic mass is 9.89. The van der Waals surface area contributed by atoms with E-state index in [0.717, 1.165) is 11.7 Å². The van der Waals surface area contributed by atoms with Crippen molar-refractivity contribution in [2.24, 2.45) is 0 Å². The fourth-order valence-corrected chi connectivity index (χ4v) is 4.23. The van der Waals surface area contributed by atoms with Gasteiger partial charge < -0.3 is 9.84 Å². The molecule has 0 radical (unpaired) electrons. The molecule has 3 aromatic carbocycles. The smallest absolute Gasteiger partial charge is 0.336 e. The zero-order valence-corrected chi connectivity index (χ0v) is 20.2. The summed E-state index contributed by atoms with van der Waals surface area (Å²) in [5.74, 6) is -1.16. The molecule has 36 heavy (non-hydrogen) atoms. The van der Waals surface area contributed by atoms with Crippen LogP contribution in [0.5, 0.6) is 5.75 Å². The zero-order chi connectivity index (χ0) is 25.8. The van der Waals surface area contributed by atoms with E-state index < -0.39 is 16.7 Å². The van der Waals surface area contributed by atoms with Gasteiger partial charge in [-0.25, -0.2) is 4.79 Å². The number of ether oxygens (including phenoxy) is 1. The number of hydrogen-bond donors (Lipinski definition) is 1. The second-order valence-electron chi connectivity index (χ2n) is 8.25. The first kappa shape index (κ1) is 24.7. The first-order chi connectivity index (χ1) is 17.2. The lowest BCUT2D eigenvalue weighted by Gasteiger charge is -2.14. The second kappa shape index (κ2) is 10.4. The maximum Gasteiger partial charge on any atom is 0.336 e. The van der Waals surface area contributed by atoms with E-state index in [1.165, 1.54) is 24.3 Å². The van der Waals surface area contributed by atoms with Gasteiger partial charge in [-0.1, -0.05) is 18.2 Å². The molecule has 0 bridgehead atoms. The van der Waals surface area contributed by atoms with E-state index in [1.807, 2.05) is 13.8 Å². The standard InChI is InChI=1S/C26H21N3O6S/c1-15(2)35-20-10-5-17(6-11-20)25(30)21(13-16-3-8-19(9-4-16)29(33)34)24(26(31)32)18-7-12-22-23(14-18)28-36-27-22/h3-12,14-15H,13H2,1-2H3,(H,31,32). The summed E-state index contributed by atoms with van der Waals surface area (Å²) >= 11 is 1.01. The molecule has 1 heterocycles. The number of rotatable bonds is 9. The van der Waals surface area contributed by atoms with Gasteiger partial charge >= 0.3 is 5.97 Å². The Bertz CT molecular complexity index is 1470. The van der Waals surface area contributed by atoms with E-state index in [2.05, 4.69) is 8.75 Å². The van der Waals surface area contributed by atoms with Crippen LogP contribution in [0.25, 0.3) is 16.6 Å². The third kappa shape index (κ3) is 5.44.